The predicted octanol–water partition coefficient (Wildman–Crippen LogP) is 1.65. The number of hydrogen-bond donors (Lipinski definition) is 1. The number of nitrogens with zero attached hydrogens (tertiary/aromatic N) is 3. The number of morpholine rings is 1. The van der Waals surface area contributed by atoms with Crippen molar-refractivity contribution in [2.24, 2.45) is 0 Å². The molecule has 0 amide bonds. The van der Waals surface area contributed by atoms with Crippen molar-refractivity contribution in [3.05, 3.63) is 47.1 Å². The maximum Gasteiger partial charge on any atom is 0.335 e. The first kappa shape index (κ1) is 14.7. The Morgan fingerprint density at radius 1 is 1.41 bits per heavy atom. The molecule has 2 aromatic rings. The van der Waals surface area contributed by atoms with E-state index in [4.69, 9.17) is 14.4 Å². The highest BCUT2D eigenvalue weighted by atomic mass is 16.5. The number of rotatable bonds is 4. The fourth-order valence-electron chi connectivity index (χ4n) is 2.49. The van der Waals surface area contributed by atoms with Gasteiger partial charge < -0.3 is 14.4 Å². The van der Waals surface area contributed by atoms with Crippen LogP contribution in [0.3, 0.4) is 0 Å². The second-order valence-electron chi connectivity index (χ2n) is 5.24. The Balaban J connectivity index is 1.75. The van der Waals surface area contributed by atoms with Crippen LogP contribution in [0.15, 0.2) is 28.8 Å². The molecular weight excluding hydrogens is 286 g/mol. The number of benzene rings is 1. The van der Waals surface area contributed by atoms with E-state index in [0.29, 0.717) is 31.5 Å². The van der Waals surface area contributed by atoms with Crippen molar-refractivity contribution in [2.75, 3.05) is 19.8 Å². The molecule has 1 aromatic carbocycles. The van der Waals surface area contributed by atoms with Gasteiger partial charge in [0.15, 0.2) is 5.82 Å². The summed E-state index contributed by atoms with van der Waals surface area (Å²) in [6.07, 6.45) is 0. The fraction of sp³-hybridized carbons (Fsp3) is 0.400. The van der Waals surface area contributed by atoms with E-state index >= 15 is 0 Å². The normalized spacial score (nSPS) is 19.2. The zero-order chi connectivity index (χ0) is 15.5. The van der Waals surface area contributed by atoms with Gasteiger partial charge in [-0.05, 0) is 24.6 Å². The van der Waals surface area contributed by atoms with Crippen LogP contribution in [0.1, 0.15) is 33.7 Å². The van der Waals surface area contributed by atoms with Crippen LogP contribution < -0.4 is 0 Å². The quantitative estimate of drug-likeness (QED) is 0.918. The van der Waals surface area contributed by atoms with Crippen LogP contribution >= 0.6 is 0 Å². The minimum atomic E-state index is -0.919. The molecule has 0 aliphatic carbocycles. The molecule has 0 radical (unpaired) electrons. The predicted molar refractivity (Wildman–Crippen MR) is 76.4 cm³/mol. The second-order valence-corrected chi connectivity index (χ2v) is 5.24. The summed E-state index contributed by atoms with van der Waals surface area (Å²) in [5.74, 6) is 0.239. The van der Waals surface area contributed by atoms with E-state index in [0.717, 1.165) is 12.1 Å². The Bertz CT molecular complexity index is 653. The van der Waals surface area contributed by atoms with Crippen molar-refractivity contribution >= 4 is 5.97 Å². The molecule has 116 valence electrons. The number of ether oxygens (including phenoxy) is 1. The molecule has 0 saturated carbocycles. The van der Waals surface area contributed by atoms with Crippen molar-refractivity contribution in [1.29, 1.82) is 0 Å². The summed E-state index contributed by atoms with van der Waals surface area (Å²) < 4.78 is 10.8. The summed E-state index contributed by atoms with van der Waals surface area (Å²) in [5.41, 5.74) is 1.32. The Kier molecular flexibility index (Phi) is 4.17. The number of aryl methyl sites for hydroxylation is 1. The molecule has 1 aliphatic rings. The van der Waals surface area contributed by atoms with Gasteiger partial charge in [-0.25, -0.2) is 4.79 Å². The van der Waals surface area contributed by atoms with Gasteiger partial charge in [0.25, 0.3) is 0 Å². The summed E-state index contributed by atoms with van der Waals surface area (Å²) in [5, 5.41) is 12.8. The fourth-order valence-corrected chi connectivity index (χ4v) is 2.49. The van der Waals surface area contributed by atoms with Gasteiger partial charge in [0, 0.05) is 13.1 Å². The Morgan fingerprint density at radius 2 is 2.18 bits per heavy atom. The molecule has 22 heavy (non-hydrogen) atoms. The van der Waals surface area contributed by atoms with Crippen LogP contribution in [-0.4, -0.2) is 45.9 Å². The van der Waals surface area contributed by atoms with Gasteiger partial charge in [-0.15, -0.1) is 0 Å². The minimum Gasteiger partial charge on any atom is -0.478 e. The van der Waals surface area contributed by atoms with Gasteiger partial charge in [-0.3, -0.25) is 4.90 Å². The molecule has 7 heteroatoms. The lowest BCUT2D eigenvalue weighted by Crippen LogP contribution is -2.39. The summed E-state index contributed by atoms with van der Waals surface area (Å²) in [4.78, 5) is 17.4. The summed E-state index contributed by atoms with van der Waals surface area (Å²) >= 11 is 0. The number of carboxylic acids is 1. The van der Waals surface area contributed by atoms with Gasteiger partial charge in [0.1, 0.15) is 6.04 Å². The summed E-state index contributed by atoms with van der Waals surface area (Å²) in [6.45, 7) is 4.37. The number of carbonyl (C=O) groups is 1. The van der Waals surface area contributed by atoms with Crippen LogP contribution in [-0.2, 0) is 11.3 Å². The van der Waals surface area contributed by atoms with Crippen LogP contribution in [0.25, 0.3) is 0 Å². The molecule has 1 atom stereocenters. The smallest absolute Gasteiger partial charge is 0.335 e. The molecule has 1 aliphatic heterocycles. The van der Waals surface area contributed by atoms with Crippen molar-refractivity contribution < 1.29 is 19.2 Å². The van der Waals surface area contributed by atoms with Gasteiger partial charge >= 0.3 is 5.97 Å². The van der Waals surface area contributed by atoms with Gasteiger partial charge in [-0.2, -0.15) is 4.98 Å². The van der Waals surface area contributed by atoms with Crippen LogP contribution in [0.4, 0.5) is 0 Å². The molecule has 0 spiro atoms. The van der Waals surface area contributed by atoms with Crippen molar-refractivity contribution in [3.63, 3.8) is 0 Å². The van der Waals surface area contributed by atoms with E-state index in [-0.39, 0.29) is 11.6 Å². The molecule has 1 unspecified atom stereocenters. The SMILES string of the molecule is Cc1noc(C2COCCN2Cc2ccc(C(=O)O)cc2)n1. The van der Waals surface area contributed by atoms with Crippen LogP contribution in [0.5, 0.6) is 0 Å². The molecule has 1 aromatic heterocycles. The molecule has 1 saturated heterocycles. The third-order valence-electron chi connectivity index (χ3n) is 3.65. The third kappa shape index (κ3) is 3.15. The second kappa shape index (κ2) is 6.25. The first-order valence-electron chi connectivity index (χ1n) is 7.08. The van der Waals surface area contributed by atoms with E-state index < -0.39 is 5.97 Å². The monoisotopic (exact) mass is 303 g/mol. The van der Waals surface area contributed by atoms with E-state index in [1.54, 1.807) is 19.1 Å². The summed E-state index contributed by atoms with van der Waals surface area (Å²) in [6, 6.07) is 6.81. The number of aromatic carboxylic acids is 1. The van der Waals surface area contributed by atoms with Gasteiger partial charge in [0.05, 0.1) is 18.8 Å². The maximum atomic E-state index is 10.9. The highest BCUT2D eigenvalue weighted by Gasteiger charge is 2.29. The van der Waals surface area contributed by atoms with Crippen molar-refractivity contribution in [3.8, 4) is 0 Å². The average molecular weight is 303 g/mol. The minimum absolute atomic E-state index is 0.0749. The Hall–Kier alpha value is -2.25. The third-order valence-corrected chi connectivity index (χ3v) is 3.65. The number of hydrogen-bond acceptors (Lipinski definition) is 6. The van der Waals surface area contributed by atoms with Crippen LogP contribution in [0.2, 0.25) is 0 Å². The zero-order valence-electron chi connectivity index (χ0n) is 12.2. The molecule has 2 heterocycles. The van der Waals surface area contributed by atoms with Crippen LogP contribution in [0, 0.1) is 6.92 Å². The van der Waals surface area contributed by atoms with E-state index in [1.165, 1.54) is 0 Å². The maximum absolute atomic E-state index is 10.9. The first-order chi connectivity index (χ1) is 10.6. The number of carboxylic acid groups (broad SMARTS) is 1. The molecule has 7 nitrogen and oxygen atoms in total. The standard InChI is InChI=1S/C15H17N3O4/c1-10-16-14(22-17-10)13-9-21-7-6-18(13)8-11-2-4-12(5-3-11)15(19)20/h2-5,13H,6-9H2,1H3,(H,19,20). The lowest BCUT2D eigenvalue weighted by molar-refractivity contribution is -0.0241. The molecular formula is C15H17N3O4. The largest absolute Gasteiger partial charge is 0.478 e. The first-order valence-corrected chi connectivity index (χ1v) is 7.08. The van der Waals surface area contributed by atoms with E-state index in [2.05, 4.69) is 15.0 Å². The average Bonchev–Trinajstić information content (AvgIpc) is 2.95. The highest BCUT2D eigenvalue weighted by molar-refractivity contribution is 5.87. The van der Waals surface area contributed by atoms with E-state index in [1.807, 2.05) is 12.1 Å². The topological polar surface area (TPSA) is 88.7 Å². The zero-order valence-corrected chi connectivity index (χ0v) is 12.2. The lowest BCUT2D eigenvalue weighted by Gasteiger charge is -2.33. The highest BCUT2D eigenvalue weighted by Crippen LogP contribution is 2.24. The summed E-state index contributed by atoms with van der Waals surface area (Å²) in [7, 11) is 0. The van der Waals surface area contributed by atoms with Gasteiger partial charge in [-0.1, -0.05) is 17.3 Å². The molecule has 1 N–H and O–H groups in total. The van der Waals surface area contributed by atoms with E-state index in [9.17, 15) is 4.79 Å². The van der Waals surface area contributed by atoms with Crippen molar-refractivity contribution in [2.45, 2.75) is 19.5 Å². The molecule has 0 bridgehead atoms. The Morgan fingerprint density at radius 3 is 2.82 bits per heavy atom. The number of aromatic nitrogens is 2. The molecule has 1 fully saturated rings. The van der Waals surface area contributed by atoms with Crippen molar-refractivity contribution in [1.82, 2.24) is 15.0 Å². The lowest BCUT2D eigenvalue weighted by atomic mass is 10.1. The molecule has 3 rings (SSSR count). The van der Waals surface area contributed by atoms with Gasteiger partial charge in [0.2, 0.25) is 5.89 Å². The Labute approximate surface area is 127 Å².